The molecule has 1 rings (SSSR count). The first kappa shape index (κ1) is 14.9. The molecule has 18 heavy (non-hydrogen) atoms. The number of carbonyl (C=O) groups excluding carboxylic acids is 1. The molecule has 1 nitrogen and oxygen atoms in total. The Morgan fingerprint density at radius 3 is 2.22 bits per heavy atom. The third kappa shape index (κ3) is 4.29. The van der Waals surface area contributed by atoms with Crippen molar-refractivity contribution < 1.29 is 4.79 Å². The number of rotatable bonds is 7. The lowest BCUT2D eigenvalue weighted by molar-refractivity contribution is 0.0955. The molecule has 0 amide bonds. The Kier molecular flexibility index (Phi) is 6.11. The van der Waals surface area contributed by atoms with E-state index in [1.807, 2.05) is 19.1 Å². The first-order chi connectivity index (χ1) is 8.58. The Morgan fingerprint density at radius 1 is 1.11 bits per heavy atom. The summed E-state index contributed by atoms with van der Waals surface area (Å²) in [6.07, 6.45) is 5.40. The van der Waals surface area contributed by atoms with Gasteiger partial charge in [-0.1, -0.05) is 63.3 Å². The van der Waals surface area contributed by atoms with Gasteiger partial charge in [-0.3, -0.25) is 4.79 Å². The van der Waals surface area contributed by atoms with Crippen molar-refractivity contribution in [1.82, 2.24) is 0 Å². The van der Waals surface area contributed by atoms with Gasteiger partial charge in [-0.15, -0.1) is 0 Å². The van der Waals surface area contributed by atoms with Crippen LogP contribution < -0.4 is 0 Å². The van der Waals surface area contributed by atoms with Crippen LogP contribution in [0, 0.1) is 19.8 Å². The lowest BCUT2D eigenvalue weighted by Crippen LogP contribution is -2.10. The number of hydrogen-bond donors (Lipinski definition) is 0. The van der Waals surface area contributed by atoms with Crippen LogP contribution in [0.1, 0.15) is 67.4 Å². The third-order valence-corrected chi connectivity index (χ3v) is 3.55. The molecule has 0 radical (unpaired) electrons. The molecule has 0 fully saturated rings. The Balaban J connectivity index is 2.73. The molecule has 100 valence electrons. The van der Waals surface area contributed by atoms with Gasteiger partial charge in [-0.05, 0) is 25.3 Å². The molecule has 1 heteroatoms. The molecule has 0 spiro atoms. The zero-order valence-electron chi connectivity index (χ0n) is 12.3. The highest BCUT2D eigenvalue weighted by Crippen LogP contribution is 2.22. The molecule has 0 aliphatic carbocycles. The normalized spacial score (nSPS) is 10.9. The van der Waals surface area contributed by atoms with Gasteiger partial charge < -0.3 is 0 Å². The standard InChI is InChI=1S/C17H26O/c1-5-7-15(8-6-2)12-17(18)16-10-9-13(3)11-14(16)4/h9-11,15H,5-8,12H2,1-4H3. The minimum Gasteiger partial charge on any atom is -0.294 e. The Morgan fingerprint density at radius 2 is 1.72 bits per heavy atom. The van der Waals surface area contributed by atoms with Crippen molar-refractivity contribution in [2.45, 2.75) is 59.8 Å². The summed E-state index contributed by atoms with van der Waals surface area (Å²) < 4.78 is 0. The molecule has 0 N–H and O–H groups in total. The topological polar surface area (TPSA) is 17.1 Å². The Hall–Kier alpha value is -1.11. The van der Waals surface area contributed by atoms with Crippen molar-refractivity contribution in [3.05, 3.63) is 34.9 Å². The molecule has 1 aromatic carbocycles. The van der Waals surface area contributed by atoms with Gasteiger partial charge >= 0.3 is 0 Å². The summed E-state index contributed by atoms with van der Waals surface area (Å²) in [5.74, 6) is 0.882. The molecule has 0 atom stereocenters. The van der Waals surface area contributed by atoms with Crippen LogP contribution in [0.4, 0.5) is 0 Å². The van der Waals surface area contributed by atoms with E-state index in [0.29, 0.717) is 18.1 Å². The van der Waals surface area contributed by atoms with Crippen LogP contribution in [-0.4, -0.2) is 5.78 Å². The van der Waals surface area contributed by atoms with E-state index < -0.39 is 0 Å². The number of hydrogen-bond acceptors (Lipinski definition) is 1. The highest BCUT2D eigenvalue weighted by Gasteiger charge is 2.15. The minimum absolute atomic E-state index is 0.319. The van der Waals surface area contributed by atoms with Crippen molar-refractivity contribution >= 4 is 5.78 Å². The first-order valence-electron chi connectivity index (χ1n) is 7.18. The predicted octanol–water partition coefficient (Wildman–Crippen LogP) is 5.09. The van der Waals surface area contributed by atoms with E-state index in [9.17, 15) is 4.79 Å². The molecule has 0 saturated heterocycles. The Bertz CT molecular complexity index is 387. The van der Waals surface area contributed by atoms with Crippen LogP contribution >= 0.6 is 0 Å². The second-order valence-corrected chi connectivity index (χ2v) is 5.39. The fourth-order valence-corrected chi connectivity index (χ4v) is 2.66. The average molecular weight is 246 g/mol. The van der Waals surface area contributed by atoms with E-state index >= 15 is 0 Å². The van der Waals surface area contributed by atoms with Crippen molar-refractivity contribution in [2.75, 3.05) is 0 Å². The number of aryl methyl sites for hydroxylation is 2. The minimum atomic E-state index is 0.319. The van der Waals surface area contributed by atoms with Crippen LogP contribution in [-0.2, 0) is 0 Å². The molecular formula is C17H26O. The molecule has 0 aromatic heterocycles. The molecule has 1 aromatic rings. The van der Waals surface area contributed by atoms with Gasteiger partial charge in [0.15, 0.2) is 5.78 Å². The van der Waals surface area contributed by atoms with Gasteiger partial charge in [-0.25, -0.2) is 0 Å². The maximum atomic E-state index is 12.3. The van der Waals surface area contributed by atoms with E-state index in [4.69, 9.17) is 0 Å². The third-order valence-electron chi connectivity index (χ3n) is 3.55. The zero-order chi connectivity index (χ0) is 13.5. The van der Waals surface area contributed by atoms with E-state index in [2.05, 4.69) is 26.8 Å². The van der Waals surface area contributed by atoms with Crippen LogP contribution in [0.3, 0.4) is 0 Å². The molecule has 0 aliphatic heterocycles. The fourth-order valence-electron chi connectivity index (χ4n) is 2.66. The SMILES string of the molecule is CCCC(CCC)CC(=O)c1ccc(C)cc1C. The van der Waals surface area contributed by atoms with E-state index in [-0.39, 0.29) is 0 Å². The summed E-state index contributed by atoms with van der Waals surface area (Å²) in [7, 11) is 0. The summed E-state index contributed by atoms with van der Waals surface area (Å²) in [5, 5.41) is 0. The van der Waals surface area contributed by atoms with Crippen LogP contribution in [0.5, 0.6) is 0 Å². The lowest BCUT2D eigenvalue weighted by atomic mass is 9.89. The predicted molar refractivity (Wildman–Crippen MR) is 78.2 cm³/mol. The monoisotopic (exact) mass is 246 g/mol. The molecule has 0 bridgehead atoms. The van der Waals surface area contributed by atoms with Gasteiger partial charge in [0, 0.05) is 12.0 Å². The highest BCUT2D eigenvalue weighted by molar-refractivity contribution is 5.97. The van der Waals surface area contributed by atoms with Crippen molar-refractivity contribution in [3.63, 3.8) is 0 Å². The summed E-state index contributed by atoms with van der Waals surface area (Å²) in [4.78, 5) is 12.3. The maximum absolute atomic E-state index is 12.3. The second kappa shape index (κ2) is 7.35. The number of ketones is 1. The smallest absolute Gasteiger partial charge is 0.163 e. The highest BCUT2D eigenvalue weighted by atomic mass is 16.1. The van der Waals surface area contributed by atoms with Gasteiger partial charge in [0.1, 0.15) is 0 Å². The molecular weight excluding hydrogens is 220 g/mol. The zero-order valence-corrected chi connectivity index (χ0v) is 12.3. The number of carbonyl (C=O) groups is 1. The van der Waals surface area contributed by atoms with Crippen molar-refractivity contribution in [3.8, 4) is 0 Å². The van der Waals surface area contributed by atoms with E-state index in [1.54, 1.807) is 0 Å². The summed E-state index contributed by atoms with van der Waals surface area (Å²) >= 11 is 0. The van der Waals surface area contributed by atoms with Crippen molar-refractivity contribution in [2.24, 2.45) is 5.92 Å². The van der Waals surface area contributed by atoms with Gasteiger partial charge in [0.25, 0.3) is 0 Å². The van der Waals surface area contributed by atoms with Gasteiger partial charge in [0.05, 0.1) is 0 Å². The van der Waals surface area contributed by atoms with Crippen molar-refractivity contribution in [1.29, 1.82) is 0 Å². The summed E-state index contributed by atoms with van der Waals surface area (Å²) in [5.41, 5.74) is 3.26. The lowest BCUT2D eigenvalue weighted by Gasteiger charge is -2.15. The van der Waals surface area contributed by atoms with Gasteiger partial charge in [0.2, 0.25) is 0 Å². The van der Waals surface area contributed by atoms with Crippen LogP contribution in [0.15, 0.2) is 18.2 Å². The number of Topliss-reactive ketones (excluding diaryl/α,β-unsaturated/α-hetero) is 1. The van der Waals surface area contributed by atoms with Crippen LogP contribution in [0.25, 0.3) is 0 Å². The van der Waals surface area contributed by atoms with Gasteiger partial charge in [-0.2, -0.15) is 0 Å². The van der Waals surface area contributed by atoms with E-state index in [0.717, 1.165) is 11.1 Å². The quantitative estimate of drug-likeness (QED) is 0.612. The molecule has 0 unspecified atom stereocenters. The largest absolute Gasteiger partial charge is 0.294 e. The molecule has 0 aliphatic rings. The second-order valence-electron chi connectivity index (χ2n) is 5.39. The average Bonchev–Trinajstić information content (AvgIpc) is 2.29. The maximum Gasteiger partial charge on any atom is 0.163 e. The molecule has 0 saturated carbocycles. The summed E-state index contributed by atoms with van der Waals surface area (Å²) in [6, 6.07) is 6.12. The summed E-state index contributed by atoms with van der Waals surface area (Å²) in [6.45, 7) is 8.50. The first-order valence-corrected chi connectivity index (χ1v) is 7.18. The van der Waals surface area contributed by atoms with E-state index in [1.165, 1.54) is 31.2 Å². The van der Waals surface area contributed by atoms with Crippen LogP contribution in [0.2, 0.25) is 0 Å². The fraction of sp³-hybridized carbons (Fsp3) is 0.588. The Labute approximate surface area is 112 Å². The molecule has 0 heterocycles. The number of benzene rings is 1.